The maximum absolute atomic E-state index is 12.8. The number of carbonyl (C=O) groups excluding carboxylic acids is 1. The zero-order valence-electron chi connectivity index (χ0n) is 12.6. The monoisotopic (exact) mass is 274 g/mol. The highest BCUT2D eigenvalue weighted by Crippen LogP contribution is 2.35. The summed E-state index contributed by atoms with van der Waals surface area (Å²) in [6.07, 6.45) is 3.96. The maximum atomic E-state index is 12.8. The summed E-state index contributed by atoms with van der Waals surface area (Å²) in [4.78, 5) is 12.8. The van der Waals surface area contributed by atoms with Crippen molar-refractivity contribution in [2.24, 2.45) is 5.41 Å². The fraction of sp³-hybridized carbons (Fsp3) is 0.588. The van der Waals surface area contributed by atoms with E-state index in [9.17, 15) is 4.79 Å². The third kappa shape index (κ3) is 3.40. The molecular weight excluding hydrogens is 248 g/mol. The molecule has 110 valence electrons. The van der Waals surface area contributed by atoms with Gasteiger partial charge in [0, 0.05) is 0 Å². The predicted octanol–water partition coefficient (Wildman–Crippen LogP) is 3.03. The number of nitrogens with one attached hydrogen (secondary N) is 2. The first kappa shape index (κ1) is 15.0. The van der Waals surface area contributed by atoms with Gasteiger partial charge in [-0.15, -0.1) is 0 Å². The van der Waals surface area contributed by atoms with Crippen molar-refractivity contribution >= 4 is 5.91 Å². The molecule has 20 heavy (non-hydrogen) atoms. The summed E-state index contributed by atoms with van der Waals surface area (Å²) in [6, 6.07) is 10.3. The quantitative estimate of drug-likeness (QED) is 0.866. The summed E-state index contributed by atoms with van der Waals surface area (Å²) < 4.78 is 0. The first-order chi connectivity index (χ1) is 9.68. The van der Waals surface area contributed by atoms with Gasteiger partial charge in [-0.1, -0.05) is 43.7 Å². The minimum atomic E-state index is -0.164. The van der Waals surface area contributed by atoms with Crippen molar-refractivity contribution in [2.75, 3.05) is 13.1 Å². The predicted molar refractivity (Wildman–Crippen MR) is 82.4 cm³/mol. The van der Waals surface area contributed by atoms with E-state index < -0.39 is 0 Å². The molecule has 0 radical (unpaired) electrons. The lowest BCUT2D eigenvalue weighted by molar-refractivity contribution is -0.133. The lowest BCUT2D eigenvalue weighted by atomic mass is 9.74. The third-order valence-corrected chi connectivity index (χ3v) is 4.42. The molecule has 1 aliphatic rings. The van der Waals surface area contributed by atoms with Crippen LogP contribution in [0.15, 0.2) is 30.3 Å². The molecule has 0 aliphatic carbocycles. The standard InChI is InChI=1S/C17H26N2O/c1-3-9-17(10-12-18-13-11-17)16(20)19-14(2)15-7-5-4-6-8-15/h4-8,14,18H,3,9-13H2,1-2H3,(H,19,20)/t14-/m1/s1. The smallest absolute Gasteiger partial charge is 0.226 e. The molecule has 0 bridgehead atoms. The number of piperidine rings is 1. The van der Waals surface area contributed by atoms with Gasteiger partial charge in [-0.05, 0) is 44.8 Å². The first-order valence-corrected chi connectivity index (χ1v) is 7.74. The van der Waals surface area contributed by atoms with Crippen LogP contribution in [0.3, 0.4) is 0 Å². The summed E-state index contributed by atoms with van der Waals surface area (Å²) >= 11 is 0. The Hall–Kier alpha value is -1.35. The van der Waals surface area contributed by atoms with Crippen molar-refractivity contribution in [1.82, 2.24) is 10.6 Å². The molecule has 1 heterocycles. The average molecular weight is 274 g/mol. The van der Waals surface area contributed by atoms with Crippen LogP contribution in [0.1, 0.15) is 51.1 Å². The summed E-state index contributed by atoms with van der Waals surface area (Å²) in [5, 5.41) is 6.58. The van der Waals surface area contributed by atoms with E-state index in [1.165, 1.54) is 5.56 Å². The molecule has 1 amide bonds. The van der Waals surface area contributed by atoms with Gasteiger partial charge in [0.05, 0.1) is 11.5 Å². The molecule has 1 saturated heterocycles. The van der Waals surface area contributed by atoms with E-state index in [4.69, 9.17) is 0 Å². The van der Waals surface area contributed by atoms with Crippen molar-refractivity contribution in [3.8, 4) is 0 Å². The third-order valence-electron chi connectivity index (χ3n) is 4.42. The van der Waals surface area contributed by atoms with E-state index in [0.29, 0.717) is 0 Å². The lowest BCUT2D eigenvalue weighted by Crippen LogP contribution is -2.48. The number of hydrogen-bond donors (Lipinski definition) is 2. The maximum Gasteiger partial charge on any atom is 0.226 e. The van der Waals surface area contributed by atoms with E-state index in [0.717, 1.165) is 38.8 Å². The van der Waals surface area contributed by atoms with Crippen LogP contribution in [0.2, 0.25) is 0 Å². The second kappa shape index (κ2) is 6.89. The topological polar surface area (TPSA) is 41.1 Å². The molecule has 1 aliphatic heterocycles. The van der Waals surface area contributed by atoms with Crippen LogP contribution in [0.25, 0.3) is 0 Å². The van der Waals surface area contributed by atoms with Gasteiger partial charge in [0.25, 0.3) is 0 Å². The second-order valence-corrected chi connectivity index (χ2v) is 5.89. The zero-order chi connectivity index (χ0) is 14.4. The highest BCUT2D eigenvalue weighted by molar-refractivity contribution is 5.83. The lowest BCUT2D eigenvalue weighted by Gasteiger charge is -2.37. The van der Waals surface area contributed by atoms with Crippen molar-refractivity contribution in [2.45, 2.75) is 45.6 Å². The Morgan fingerprint density at radius 3 is 2.55 bits per heavy atom. The summed E-state index contributed by atoms with van der Waals surface area (Å²) in [5.41, 5.74) is 1.00. The first-order valence-electron chi connectivity index (χ1n) is 7.74. The molecule has 1 aromatic carbocycles. The number of carbonyl (C=O) groups is 1. The Morgan fingerprint density at radius 1 is 1.30 bits per heavy atom. The SMILES string of the molecule is CCCC1(C(=O)N[C@H](C)c2ccccc2)CCNCC1. The van der Waals surface area contributed by atoms with Gasteiger partial charge in [-0.3, -0.25) is 4.79 Å². The average Bonchev–Trinajstić information content (AvgIpc) is 2.49. The molecule has 0 aromatic heterocycles. The Labute approximate surface area is 122 Å². The Morgan fingerprint density at radius 2 is 1.95 bits per heavy atom. The van der Waals surface area contributed by atoms with Gasteiger partial charge in [0.2, 0.25) is 5.91 Å². The van der Waals surface area contributed by atoms with E-state index in [1.807, 2.05) is 18.2 Å². The van der Waals surface area contributed by atoms with Crippen LogP contribution in [-0.2, 0) is 4.79 Å². The van der Waals surface area contributed by atoms with E-state index >= 15 is 0 Å². The fourth-order valence-corrected chi connectivity index (χ4v) is 3.15. The highest BCUT2D eigenvalue weighted by atomic mass is 16.2. The molecule has 1 atom stereocenters. The van der Waals surface area contributed by atoms with E-state index in [2.05, 4.69) is 36.6 Å². The van der Waals surface area contributed by atoms with Crippen LogP contribution in [-0.4, -0.2) is 19.0 Å². The van der Waals surface area contributed by atoms with Crippen molar-refractivity contribution in [3.63, 3.8) is 0 Å². The highest BCUT2D eigenvalue weighted by Gasteiger charge is 2.38. The molecule has 2 N–H and O–H groups in total. The Bertz CT molecular complexity index is 418. The Kier molecular flexibility index (Phi) is 5.18. The van der Waals surface area contributed by atoms with Gasteiger partial charge in [-0.2, -0.15) is 0 Å². The normalized spacial score (nSPS) is 19.3. The fourth-order valence-electron chi connectivity index (χ4n) is 3.15. The van der Waals surface area contributed by atoms with Gasteiger partial charge in [0.15, 0.2) is 0 Å². The molecule has 2 rings (SSSR count). The minimum absolute atomic E-state index is 0.0762. The zero-order valence-corrected chi connectivity index (χ0v) is 12.6. The largest absolute Gasteiger partial charge is 0.349 e. The molecule has 0 saturated carbocycles. The molecule has 1 aromatic rings. The van der Waals surface area contributed by atoms with Crippen molar-refractivity contribution < 1.29 is 4.79 Å². The molecular formula is C17H26N2O. The van der Waals surface area contributed by atoms with Gasteiger partial charge in [-0.25, -0.2) is 0 Å². The van der Waals surface area contributed by atoms with Crippen LogP contribution in [0.4, 0.5) is 0 Å². The van der Waals surface area contributed by atoms with Crippen LogP contribution >= 0.6 is 0 Å². The van der Waals surface area contributed by atoms with Gasteiger partial charge < -0.3 is 10.6 Å². The number of amides is 1. The van der Waals surface area contributed by atoms with Crippen LogP contribution in [0.5, 0.6) is 0 Å². The Balaban J connectivity index is 2.05. The molecule has 0 spiro atoms. The van der Waals surface area contributed by atoms with Gasteiger partial charge in [0.1, 0.15) is 0 Å². The summed E-state index contributed by atoms with van der Waals surface area (Å²) in [5.74, 6) is 0.234. The summed E-state index contributed by atoms with van der Waals surface area (Å²) in [6.45, 7) is 6.13. The number of benzene rings is 1. The summed E-state index contributed by atoms with van der Waals surface area (Å²) in [7, 11) is 0. The number of hydrogen-bond acceptors (Lipinski definition) is 2. The minimum Gasteiger partial charge on any atom is -0.349 e. The second-order valence-electron chi connectivity index (χ2n) is 5.89. The molecule has 3 nitrogen and oxygen atoms in total. The number of rotatable bonds is 5. The molecule has 0 unspecified atom stereocenters. The molecule has 1 fully saturated rings. The molecule has 3 heteroatoms. The van der Waals surface area contributed by atoms with Crippen molar-refractivity contribution in [3.05, 3.63) is 35.9 Å². The van der Waals surface area contributed by atoms with Crippen LogP contribution < -0.4 is 10.6 Å². The van der Waals surface area contributed by atoms with Crippen molar-refractivity contribution in [1.29, 1.82) is 0 Å². The van der Waals surface area contributed by atoms with Gasteiger partial charge >= 0.3 is 0 Å². The van der Waals surface area contributed by atoms with E-state index in [1.54, 1.807) is 0 Å². The van der Waals surface area contributed by atoms with Crippen LogP contribution in [0, 0.1) is 5.41 Å². The van der Waals surface area contributed by atoms with E-state index in [-0.39, 0.29) is 17.4 Å².